The fourth-order valence-electron chi connectivity index (χ4n) is 10.9. The van der Waals surface area contributed by atoms with Crippen LogP contribution in [0.5, 0.6) is 0 Å². The lowest BCUT2D eigenvalue weighted by molar-refractivity contribution is -0.161. The van der Waals surface area contributed by atoms with Crippen LogP contribution in [0.3, 0.4) is 0 Å². The molecule has 0 spiro atoms. The Morgan fingerprint density at radius 3 is 0.774 bits per heavy atom. The Labute approximate surface area is 644 Å². The van der Waals surface area contributed by atoms with Gasteiger partial charge in [-0.05, 0) is 141 Å². The van der Waals surface area contributed by atoms with E-state index in [1.54, 1.807) is 0 Å². The van der Waals surface area contributed by atoms with Crippen LogP contribution in [0.2, 0.25) is 0 Å². The van der Waals surface area contributed by atoms with Gasteiger partial charge in [0.05, 0.1) is 26.4 Å². The smallest absolute Gasteiger partial charge is 0.462 e. The number of aliphatic hydroxyl groups is 1. The van der Waals surface area contributed by atoms with E-state index in [2.05, 4.69) is 161 Å². The second-order valence-electron chi connectivity index (χ2n) is 27.3. The third kappa shape index (κ3) is 77.4. The van der Waals surface area contributed by atoms with Gasteiger partial charge >= 0.3 is 39.5 Å². The van der Waals surface area contributed by atoms with Crippen LogP contribution in [0.25, 0.3) is 0 Å². The van der Waals surface area contributed by atoms with Crippen LogP contribution < -0.4 is 0 Å². The molecule has 0 heterocycles. The van der Waals surface area contributed by atoms with Crippen molar-refractivity contribution >= 4 is 39.5 Å². The van der Waals surface area contributed by atoms with Crippen LogP contribution >= 0.6 is 15.6 Å². The number of unbranched alkanes of at least 4 members (excludes halogenated alkanes) is 29. The van der Waals surface area contributed by atoms with Crippen molar-refractivity contribution in [3.05, 3.63) is 134 Å². The van der Waals surface area contributed by atoms with Crippen molar-refractivity contribution in [3.63, 3.8) is 0 Å². The van der Waals surface area contributed by atoms with Crippen LogP contribution in [0.4, 0.5) is 0 Å². The maximum Gasteiger partial charge on any atom is 0.472 e. The Hall–Kier alpha value is -4.80. The van der Waals surface area contributed by atoms with E-state index >= 15 is 0 Å². The van der Waals surface area contributed by atoms with Crippen LogP contribution in [0.1, 0.15) is 336 Å². The average molecular weight is 1530 g/mol. The lowest BCUT2D eigenvalue weighted by atomic mass is 10.1. The molecule has 17 nitrogen and oxygen atoms in total. The maximum atomic E-state index is 13.1. The molecule has 0 radical (unpaired) electrons. The number of carbonyl (C=O) groups is 4. The quantitative estimate of drug-likeness (QED) is 0.0169. The number of aliphatic hydroxyl groups excluding tert-OH is 1. The number of rotatable bonds is 77. The topological polar surface area (TPSA) is 237 Å². The molecule has 0 fully saturated rings. The molecule has 5 unspecified atom stereocenters. The molecule has 0 saturated heterocycles. The fourth-order valence-corrected chi connectivity index (χ4v) is 12.4. The molecule has 0 aromatic carbocycles. The molecule has 106 heavy (non-hydrogen) atoms. The highest BCUT2D eigenvalue weighted by molar-refractivity contribution is 7.47. The minimum absolute atomic E-state index is 0.0741. The second kappa shape index (κ2) is 78.3. The molecule has 0 rings (SSSR count). The largest absolute Gasteiger partial charge is 0.472 e. The van der Waals surface area contributed by atoms with Gasteiger partial charge in [0.15, 0.2) is 12.2 Å². The average Bonchev–Trinajstić information content (AvgIpc) is 0.901. The third-order valence-electron chi connectivity index (χ3n) is 17.1. The lowest BCUT2D eigenvalue weighted by Gasteiger charge is -2.21. The zero-order valence-electron chi connectivity index (χ0n) is 66.6. The molecule has 0 aromatic heterocycles. The number of allylic oxidation sites excluding steroid dienone is 22. The van der Waals surface area contributed by atoms with Gasteiger partial charge in [0, 0.05) is 25.7 Å². The first-order chi connectivity index (χ1) is 51.7. The summed E-state index contributed by atoms with van der Waals surface area (Å²) in [5, 5.41) is 10.7. The van der Waals surface area contributed by atoms with Gasteiger partial charge in [-0.1, -0.05) is 303 Å². The van der Waals surface area contributed by atoms with Crippen molar-refractivity contribution in [2.45, 2.75) is 354 Å². The standard InChI is InChI=1S/C87H148O17P2/c1-5-9-13-17-21-25-29-32-35-38-40-43-46-49-53-56-60-64-68-72-85(90)98-78-83(104-87(92)74-70-66-62-58-54-50-47-44-41-39-36-33-30-26-22-18-14-10-6-2)80-102-106(95,96)100-76-81(88)75-99-105(93,94)101-79-82(103-86(91)73-69-65-61-57-51-28-24-20-16-12-8-4)77-97-84(89)71-67-63-59-55-52-48-45-42-37-34-31-27-23-19-15-11-7-3/h9,11,13,15,21-23,25-27,32-37,40-41,43-45,48,81-83,88H,5-8,10,12,14,16-20,24,28-31,38-39,42,46-47,49-80H2,1-4H3,(H,93,94)(H,95,96)/b13-9-,15-11-,25-21-,26-22-,27-23-,35-32-,36-33-,37-34-,43-40-,44-41-,48-45-. The third-order valence-corrected chi connectivity index (χ3v) is 19.0. The van der Waals surface area contributed by atoms with Crippen molar-refractivity contribution in [1.29, 1.82) is 0 Å². The molecular weight excluding hydrogens is 1380 g/mol. The summed E-state index contributed by atoms with van der Waals surface area (Å²) in [7, 11) is -9.98. The van der Waals surface area contributed by atoms with Crippen molar-refractivity contribution in [1.82, 2.24) is 0 Å². The van der Waals surface area contributed by atoms with Crippen molar-refractivity contribution < 1.29 is 80.2 Å². The van der Waals surface area contributed by atoms with E-state index in [0.717, 1.165) is 199 Å². The minimum Gasteiger partial charge on any atom is -0.462 e. The normalized spacial score (nSPS) is 14.5. The van der Waals surface area contributed by atoms with Crippen LogP contribution in [0.15, 0.2) is 134 Å². The summed E-state index contributed by atoms with van der Waals surface area (Å²) in [5.74, 6) is -2.22. The molecule has 0 aromatic rings. The first-order valence-electron chi connectivity index (χ1n) is 41.4. The van der Waals surface area contributed by atoms with Gasteiger partial charge in [-0.15, -0.1) is 0 Å². The van der Waals surface area contributed by atoms with Gasteiger partial charge in [-0.2, -0.15) is 0 Å². The molecule has 5 atom stereocenters. The summed E-state index contributed by atoms with van der Waals surface area (Å²) in [6.45, 7) is 4.59. The molecule has 0 saturated carbocycles. The highest BCUT2D eigenvalue weighted by Gasteiger charge is 2.30. The predicted octanol–water partition coefficient (Wildman–Crippen LogP) is 24.4. The Balaban J connectivity index is 5.38. The van der Waals surface area contributed by atoms with E-state index in [4.69, 9.17) is 37.0 Å². The number of phosphoric acid groups is 2. The number of carbonyl (C=O) groups excluding carboxylic acids is 4. The van der Waals surface area contributed by atoms with Gasteiger partial charge in [0.2, 0.25) is 0 Å². The Morgan fingerprint density at radius 1 is 0.274 bits per heavy atom. The summed E-state index contributed by atoms with van der Waals surface area (Å²) >= 11 is 0. The van der Waals surface area contributed by atoms with Gasteiger partial charge in [0.25, 0.3) is 0 Å². The molecule has 3 N–H and O–H groups in total. The van der Waals surface area contributed by atoms with Gasteiger partial charge in [-0.25, -0.2) is 9.13 Å². The zero-order chi connectivity index (χ0) is 77.4. The van der Waals surface area contributed by atoms with E-state index in [1.165, 1.54) is 57.8 Å². The number of phosphoric ester groups is 2. The first-order valence-corrected chi connectivity index (χ1v) is 44.4. The molecule has 0 aliphatic rings. The zero-order valence-corrected chi connectivity index (χ0v) is 68.4. The van der Waals surface area contributed by atoms with E-state index in [9.17, 15) is 43.2 Å². The molecule has 19 heteroatoms. The number of hydrogen-bond donors (Lipinski definition) is 3. The van der Waals surface area contributed by atoms with Gasteiger partial charge in [0.1, 0.15) is 19.3 Å². The lowest BCUT2D eigenvalue weighted by Crippen LogP contribution is -2.30. The highest BCUT2D eigenvalue weighted by atomic mass is 31.2. The highest BCUT2D eigenvalue weighted by Crippen LogP contribution is 2.45. The molecule has 0 aliphatic heterocycles. The Bertz CT molecular complexity index is 2530. The minimum atomic E-state index is -4.99. The van der Waals surface area contributed by atoms with E-state index in [0.29, 0.717) is 25.7 Å². The summed E-state index contributed by atoms with van der Waals surface area (Å²) in [4.78, 5) is 73.1. The van der Waals surface area contributed by atoms with Gasteiger partial charge in [-0.3, -0.25) is 37.3 Å². The maximum absolute atomic E-state index is 13.1. The molecular formula is C87H148O17P2. The van der Waals surface area contributed by atoms with E-state index in [-0.39, 0.29) is 25.7 Å². The summed E-state index contributed by atoms with van der Waals surface area (Å²) in [6.07, 6.45) is 88.5. The number of ether oxygens (including phenoxy) is 4. The second-order valence-corrected chi connectivity index (χ2v) is 30.2. The Kier molecular flexibility index (Phi) is 74.8. The number of esters is 4. The molecule has 0 amide bonds. The monoisotopic (exact) mass is 1530 g/mol. The SMILES string of the molecule is CC/C=C\C/C=C\C/C=C\C/C=C\CCCCCCCCC(=O)OCC(COP(=O)(O)OCC(O)COP(=O)(O)OCC(COC(=O)CCCCCC/C=C\C/C=C\C/C=C\C/C=C\CC)OC(=O)CCCCCCCCCCCCC)OC(=O)CCCCCCCC/C=C\C/C=C\C/C=C\CCCCC. The fraction of sp³-hybridized carbons (Fsp3) is 0.701. The summed E-state index contributed by atoms with van der Waals surface area (Å²) < 4.78 is 68.7. The summed E-state index contributed by atoms with van der Waals surface area (Å²) in [6, 6.07) is 0. The molecule has 608 valence electrons. The molecule has 0 aliphatic carbocycles. The first kappa shape index (κ1) is 101. The summed E-state index contributed by atoms with van der Waals surface area (Å²) in [5.41, 5.74) is 0. The molecule has 0 bridgehead atoms. The Morgan fingerprint density at radius 2 is 0.491 bits per heavy atom. The van der Waals surface area contributed by atoms with Crippen LogP contribution in [-0.2, 0) is 65.4 Å². The number of hydrogen-bond acceptors (Lipinski definition) is 15. The van der Waals surface area contributed by atoms with Gasteiger partial charge < -0.3 is 33.8 Å². The van der Waals surface area contributed by atoms with Crippen molar-refractivity contribution in [2.24, 2.45) is 0 Å². The van der Waals surface area contributed by atoms with Crippen LogP contribution in [-0.4, -0.2) is 96.7 Å². The van der Waals surface area contributed by atoms with Crippen LogP contribution in [0, 0.1) is 0 Å². The predicted molar refractivity (Wildman–Crippen MR) is 436 cm³/mol. The van der Waals surface area contributed by atoms with Crippen molar-refractivity contribution in [3.8, 4) is 0 Å². The van der Waals surface area contributed by atoms with E-state index in [1.807, 2.05) is 0 Å². The van der Waals surface area contributed by atoms with E-state index < -0.39 is 97.5 Å². The van der Waals surface area contributed by atoms with Crippen molar-refractivity contribution in [2.75, 3.05) is 39.6 Å².